The molecule has 0 atom stereocenters. The average molecular weight is 432 g/mol. The standard InChI is InChI=1S/C24H21FN4O3/c1-15-4-6-16(7-5-15)23-27-22(28-29(23)18-10-8-17(25)9-11-18)24(30)26-20-14-19(31-2)12-13-21(20)32-3/h4-14H,1-3H3,(H,26,30). The summed E-state index contributed by atoms with van der Waals surface area (Å²) in [6, 6.07) is 18.6. The van der Waals surface area contributed by atoms with E-state index in [1.165, 1.54) is 31.0 Å². The lowest BCUT2D eigenvalue weighted by Crippen LogP contribution is -2.15. The number of anilines is 1. The van der Waals surface area contributed by atoms with E-state index < -0.39 is 5.91 Å². The topological polar surface area (TPSA) is 78.3 Å². The Morgan fingerprint density at radius 3 is 2.34 bits per heavy atom. The number of halogens is 1. The summed E-state index contributed by atoms with van der Waals surface area (Å²) in [6.07, 6.45) is 0. The zero-order valence-corrected chi connectivity index (χ0v) is 17.8. The summed E-state index contributed by atoms with van der Waals surface area (Å²) in [5.74, 6) is 0.552. The lowest BCUT2D eigenvalue weighted by molar-refractivity contribution is 0.101. The van der Waals surface area contributed by atoms with Crippen LogP contribution in [-0.2, 0) is 0 Å². The fourth-order valence-corrected chi connectivity index (χ4v) is 3.15. The Morgan fingerprint density at radius 1 is 0.969 bits per heavy atom. The first-order valence-electron chi connectivity index (χ1n) is 9.82. The maximum absolute atomic E-state index is 13.4. The smallest absolute Gasteiger partial charge is 0.295 e. The van der Waals surface area contributed by atoms with E-state index >= 15 is 0 Å². The lowest BCUT2D eigenvalue weighted by atomic mass is 10.1. The van der Waals surface area contributed by atoms with Gasteiger partial charge in [-0.3, -0.25) is 4.79 Å². The predicted molar refractivity (Wildman–Crippen MR) is 119 cm³/mol. The van der Waals surface area contributed by atoms with Crippen molar-refractivity contribution >= 4 is 11.6 Å². The highest BCUT2D eigenvalue weighted by atomic mass is 19.1. The molecule has 0 aliphatic rings. The molecule has 32 heavy (non-hydrogen) atoms. The molecule has 3 aromatic carbocycles. The van der Waals surface area contributed by atoms with Crippen molar-refractivity contribution in [2.45, 2.75) is 6.92 Å². The van der Waals surface area contributed by atoms with Crippen molar-refractivity contribution < 1.29 is 18.7 Å². The molecule has 4 aromatic rings. The number of ether oxygens (including phenoxy) is 2. The molecule has 1 amide bonds. The minimum Gasteiger partial charge on any atom is -0.497 e. The number of amides is 1. The number of aryl methyl sites for hydroxylation is 1. The third-order valence-corrected chi connectivity index (χ3v) is 4.85. The van der Waals surface area contributed by atoms with Crippen LogP contribution in [0.4, 0.5) is 10.1 Å². The van der Waals surface area contributed by atoms with Crippen LogP contribution in [0.1, 0.15) is 16.2 Å². The zero-order chi connectivity index (χ0) is 22.7. The summed E-state index contributed by atoms with van der Waals surface area (Å²) in [7, 11) is 3.04. The summed E-state index contributed by atoms with van der Waals surface area (Å²) in [4.78, 5) is 17.5. The van der Waals surface area contributed by atoms with Crippen LogP contribution in [0.25, 0.3) is 17.1 Å². The minimum atomic E-state index is -0.522. The number of rotatable bonds is 6. The van der Waals surface area contributed by atoms with Gasteiger partial charge in [0.15, 0.2) is 5.82 Å². The van der Waals surface area contributed by atoms with Gasteiger partial charge in [0.25, 0.3) is 5.91 Å². The van der Waals surface area contributed by atoms with E-state index in [9.17, 15) is 9.18 Å². The second kappa shape index (κ2) is 8.89. The van der Waals surface area contributed by atoms with Crippen molar-refractivity contribution in [3.8, 4) is 28.6 Å². The van der Waals surface area contributed by atoms with Gasteiger partial charge >= 0.3 is 0 Å². The summed E-state index contributed by atoms with van der Waals surface area (Å²) in [5.41, 5.74) is 2.86. The second-order valence-corrected chi connectivity index (χ2v) is 7.03. The van der Waals surface area contributed by atoms with Gasteiger partial charge in [-0.05, 0) is 43.3 Å². The van der Waals surface area contributed by atoms with Gasteiger partial charge in [0.1, 0.15) is 17.3 Å². The van der Waals surface area contributed by atoms with Gasteiger partial charge < -0.3 is 14.8 Å². The number of hydrogen-bond acceptors (Lipinski definition) is 5. The molecule has 0 unspecified atom stereocenters. The van der Waals surface area contributed by atoms with E-state index in [1.807, 2.05) is 31.2 Å². The molecular formula is C24H21FN4O3. The molecule has 0 bridgehead atoms. The van der Waals surface area contributed by atoms with Crippen molar-refractivity contribution in [2.75, 3.05) is 19.5 Å². The van der Waals surface area contributed by atoms with Gasteiger partial charge in [-0.2, -0.15) is 0 Å². The quantitative estimate of drug-likeness (QED) is 0.480. The fraction of sp³-hybridized carbons (Fsp3) is 0.125. The summed E-state index contributed by atoms with van der Waals surface area (Å²) in [6.45, 7) is 1.98. The van der Waals surface area contributed by atoms with Crippen molar-refractivity contribution in [3.63, 3.8) is 0 Å². The van der Waals surface area contributed by atoms with Gasteiger partial charge in [0, 0.05) is 11.6 Å². The Kier molecular flexibility index (Phi) is 5.85. The van der Waals surface area contributed by atoms with Crippen LogP contribution in [-0.4, -0.2) is 34.9 Å². The third kappa shape index (κ3) is 4.29. The summed E-state index contributed by atoms with van der Waals surface area (Å²) in [5, 5.41) is 7.17. The minimum absolute atomic E-state index is 0.0465. The van der Waals surface area contributed by atoms with Crippen LogP contribution in [0.15, 0.2) is 66.7 Å². The second-order valence-electron chi connectivity index (χ2n) is 7.03. The normalized spacial score (nSPS) is 10.6. The number of carbonyl (C=O) groups excluding carboxylic acids is 1. The maximum Gasteiger partial charge on any atom is 0.295 e. The Labute approximate surface area is 184 Å². The highest BCUT2D eigenvalue weighted by Crippen LogP contribution is 2.29. The molecule has 0 radical (unpaired) electrons. The van der Waals surface area contributed by atoms with Gasteiger partial charge in [-0.25, -0.2) is 14.1 Å². The lowest BCUT2D eigenvalue weighted by Gasteiger charge is -2.10. The predicted octanol–water partition coefficient (Wildman–Crippen LogP) is 4.65. The molecule has 1 heterocycles. The molecule has 0 spiro atoms. The van der Waals surface area contributed by atoms with Crippen LogP contribution < -0.4 is 14.8 Å². The molecular weight excluding hydrogens is 411 g/mol. The number of benzene rings is 3. The number of carbonyl (C=O) groups is 1. The van der Waals surface area contributed by atoms with Gasteiger partial charge in [-0.15, -0.1) is 5.10 Å². The summed E-state index contributed by atoms with van der Waals surface area (Å²) < 4.78 is 25.5. The Balaban J connectivity index is 1.75. The van der Waals surface area contributed by atoms with E-state index in [4.69, 9.17) is 9.47 Å². The van der Waals surface area contributed by atoms with Crippen LogP contribution in [0.5, 0.6) is 11.5 Å². The molecule has 0 aliphatic heterocycles. The number of nitrogens with one attached hydrogen (secondary N) is 1. The van der Waals surface area contributed by atoms with Crippen molar-refractivity contribution in [1.29, 1.82) is 0 Å². The molecule has 0 saturated carbocycles. The molecule has 8 heteroatoms. The molecule has 0 fully saturated rings. The van der Waals surface area contributed by atoms with E-state index in [2.05, 4.69) is 15.4 Å². The van der Waals surface area contributed by atoms with E-state index in [0.29, 0.717) is 28.7 Å². The number of aromatic nitrogens is 3. The SMILES string of the molecule is COc1ccc(OC)c(NC(=O)c2nc(-c3ccc(C)cc3)n(-c3ccc(F)cc3)n2)c1. The van der Waals surface area contributed by atoms with E-state index in [-0.39, 0.29) is 11.6 Å². The maximum atomic E-state index is 13.4. The van der Waals surface area contributed by atoms with Gasteiger partial charge in [0.2, 0.25) is 5.82 Å². The monoisotopic (exact) mass is 432 g/mol. The fourth-order valence-electron chi connectivity index (χ4n) is 3.15. The first kappa shape index (κ1) is 21.0. The highest BCUT2D eigenvalue weighted by molar-refractivity contribution is 6.02. The van der Waals surface area contributed by atoms with Gasteiger partial charge in [0.05, 0.1) is 25.6 Å². The van der Waals surface area contributed by atoms with Crippen molar-refractivity contribution in [1.82, 2.24) is 14.8 Å². The molecule has 7 nitrogen and oxygen atoms in total. The first-order chi connectivity index (χ1) is 15.5. The highest BCUT2D eigenvalue weighted by Gasteiger charge is 2.20. The number of methoxy groups -OCH3 is 2. The number of hydrogen-bond donors (Lipinski definition) is 1. The van der Waals surface area contributed by atoms with Crippen molar-refractivity contribution in [3.05, 3.63) is 83.9 Å². The first-order valence-corrected chi connectivity index (χ1v) is 9.82. The van der Waals surface area contributed by atoms with Crippen molar-refractivity contribution in [2.24, 2.45) is 0 Å². The molecule has 0 aliphatic carbocycles. The third-order valence-electron chi connectivity index (χ3n) is 4.85. The molecule has 4 rings (SSSR count). The Hall–Kier alpha value is -4.20. The Bertz CT molecular complexity index is 1190. The average Bonchev–Trinajstić information content (AvgIpc) is 3.25. The largest absolute Gasteiger partial charge is 0.497 e. The molecule has 162 valence electrons. The van der Waals surface area contributed by atoms with Crippen LogP contribution in [0, 0.1) is 12.7 Å². The summed E-state index contributed by atoms with van der Waals surface area (Å²) >= 11 is 0. The molecule has 1 aromatic heterocycles. The Morgan fingerprint density at radius 2 is 1.69 bits per heavy atom. The molecule has 0 saturated heterocycles. The van der Waals surface area contributed by atoms with Crippen LogP contribution >= 0.6 is 0 Å². The van der Waals surface area contributed by atoms with E-state index in [1.54, 1.807) is 30.3 Å². The zero-order valence-electron chi connectivity index (χ0n) is 17.8. The van der Waals surface area contributed by atoms with Crippen LogP contribution in [0.3, 0.4) is 0 Å². The molecule has 1 N–H and O–H groups in total. The van der Waals surface area contributed by atoms with Gasteiger partial charge in [-0.1, -0.05) is 29.8 Å². The number of nitrogens with zero attached hydrogens (tertiary/aromatic N) is 3. The van der Waals surface area contributed by atoms with Crippen LogP contribution in [0.2, 0.25) is 0 Å². The van der Waals surface area contributed by atoms with E-state index in [0.717, 1.165) is 11.1 Å².